The molecule has 0 unspecified atom stereocenters. The Morgan fingerprint density at radius 3 is 2.53 bits per heavy atom. The van der Waals surface area contributed by atoms with E-state index in [-0.39, 0.29) is 17.9 Å². The van der Waals surface area contributed by atoms with Gasteiger partial charge in [-0.15, -0.1) is 0 Å². The van der Waals surface area contributed by atoms with Crippen molar-refractivity contribution >= 4 is 11.9 Å². The summed E-state index contributed by atoms with van der Waals surface area (Å²) in [4.78, 5) is 23.5. The lowest BCUT2D eigenvalue weighted by molar-refractivity contribution is -0.189. The molecule has 0 spiro atoms. The Hall–Kier alpha value is -3.66. The molecule has 0 atom stereocenters. The fraction of sp³-hybridized carbons (Fsp3) is 0.292. The number of hydrogen-bond donors (Lipinski definition) is 2. The van der Waals surface area contributed by atoms with Crippen LogP contribution in [0.3, 0.4) is 0 Å². The van der Waals surface area contributed by atoms with Crippen LogP contribution in [0, 0.1) is 0 Å². The smallest absolute Gasteiger partial charge is 0.477 e. The van der Waals surface area contributed by atoms with Gasteiger partial charge in [-0.2, -0.15) is 18.3 Å². The number of halogens is 3. The maximum absolute atomic E-state index is 12.9. The number of nitrogens with zero attached hydrogens (tertiary/aromatic N) is 2. The van der Waals surface area contributed by atoms with Crippen LogP contribution in [0.25, 0.3) is 11.3 Å². The van der Waals surface area contributed by atoms with E-state index in [4.69, 9.17) is 10.5 Å². The molecule has 3 aromatic rings. The molecule has 34 heavy (non-hydrogen) atoms. The van der Waals surface area contributed by atoms with Gasteiger partial charge in [-0.05, 0) is 54.6 Å². The van der Waals surface area contributed by atoms with E-state index >= 15 is 0 Å². The summed E-state index contributed by atoms with van der Waals surface area (Å²) in [7, 11) is 0. The maximum Gasteiger partial charge on any atom is 0.491 e. The van der Waals surface area contributed by atoms with Crippen LogP contribution in [0.1, 0.15) is 39.2 Å². The minimum atomic E-state index is -5.13. The summed E-state index contributed by atoms with van der Waals surface area (Å²) in [6, 6.07) is 12.1. The zero-order valence-electron chi connectivity index (χ0n) is 18.1. The summed E-state index contributed by atoms with van der Waals surface area (Å²) in [5, 5.41) is 14.3. The third kappa shape index (κ3) is 4.67. The van der Waals surface area contributed by atoms with Crippen molar-refractivity contribution in [3.05, 3.63) is 70.4 Å². The first-order valence-electron chi connectivity index (χ1n) is 10.7. The van der Waals surface area contributed by atoms with E-state index in [1.54, 1.807) is 18.2 Å². The number of aromatic carboxylic acids is 1. The third-order valence-corrected chi connectivity index (χ3v) is 5.68. The van der Waals surface area contributed by atoms with Gasteiger partial charge in [0.2, 0.25) is 0 Å². The summed E-state index contributed by atoms with van der Waals surface area (Å²) in [5.41, 5.74) is 9.13. The molecule has 2 aromatic carbocycles. The van der Waals surface area contributed by atoms with Gasteiger partial charge in [-0.1, -0.05) is 30.3 Å². The molecule has 0 saturated carbocycles. The standard InChI is InChI=1S/C24H22F3N3O4/c25-24(26,27)23(33)34-19-13-15-7-8-17-20(29-30(10-4-9-28)21(17)22(31)32)18(15)12-16(19)11-14-5-2-1-3-6-14/h1-3,5-6,12-13H,4,7-11,28H2,(H,31,32). The van der Waals surface area contributed by atoms with Crippen LogP contribution in [-0.4, -0.2) is 39.5 Å². The number of nitrogens with two attached hydrogens (primary N) is 1. The normalized spacial score (nSPS) is 12.7. The molecule has 7 nitrogen and oxygen atoms in total. The van der Waals surface area contributed by atoms with Gasteiger partial charge in [0.15, 0.2) is 0 Å². The molecular formula is C24H22F3N3O4. The van der Waals surface area contributed by atoms with Crippen molar-refractivity contribution in [3.8, 4) is 17.0 Å². The molecule has 0 aliphatic heterocycles. The Labute approximate surface area is 192 Å². The molecular weight excluding hydrogens is 451 g/mol. The SMILES string of the molecule is NCCCn1nc2c(c1C(=O)O)CCc1cc(OC(=O)C(F)(F)F)c(Cc3ccccc3)cc1-2. The van der Waals surface area contributed by atoms with Gasteiger partial charge in [-0.3, -0.25) is 4.68 Å². The highest BCUT2D eigenvalue weighted by atomic mass is 19.4. The molecule has 1 aliphatic carbocycles. The van der Waals surface area contributed by atoms with Crippen molar-refractivity contribution in [1.29, 1.82) is 0 Å². The summed E-state index contributed by atoms with van der Waals surface area (Å²) in [5.74, 6) is -3.57. The van der Waals surface area contributed by atoms with E-state index in [2.05, 4.69) is 5.10 Å². The number of esters is 1. The first-order chi connectivity index (χ1) is 16.2. The van der Waals surface area contributed by atoms with Gasteiger partial charge in [-0.25, -0.2) is 9.59 Å². The van der Waals surface area contributed by atoms with Crippen LogP contribution in [0.15, 0.2) is 42.5 Å². The minimum Gasteiger partial charge on any atom is -0.477 e. The van der Waals surface area contributed by atoms with Crippen LogP contribution in [0.5, 0.6) is 5.75 Å². The summed E-state index contributed by atoms with van der Waals surface area (Å²) >= 11 is 0. The van der Waals surface area contributed by atoms with E-state index in [1.807, 2.05) is 18.2 Å². The van der Waals surface area contributed by atoms with Crippen LogP contribution in [0.4, 0.5) is 13.2 Å². The highest BCUT2D eigenvalue weighted by Gasteiger charge is 2.42. The van der Waals surface area contributed by atoms with E-state index in [0.29, 0.717) is 60.3 Å². The Kier molecular flexibility index (Phi) is 6.43. The van der Waals surface area contributed by atoms with Crippen molar-refractivity contribution in [2.24, 2.45) is 5.73 Å². The van der Waals surface area contributed by atoms with Crippen molar-refractivity contribution in [1.82, 2.24) is 9.78 Å². The predicted molar refractivity (Wildman–Crippen MR) is 117 cm³/mol. The molecule has 0 amide bonds. The molecule has 10 heteroatoms. The second-order valence-electron chi connectivity index (χ2n) is 8.01. The van der Waals surface area contributed by atoms with Crippen LogP contribution >= 0.6 is 0 Å². The third-order valence-electron chi connectivity index (χ3n) is 5.68. The average Bonchev–Trinajstić information content (AvgIpc) is 3.17. The monoisotopic (exact) mass is 473 g/mol. The van der Waals surface area contributed by atoms with E-state index in [1.165, 1.54) is 10.7 Å². The lowest BCUT2D eigenvalue weighted by Gasteiger charge is -2.20. The average molecular weight is 473 g/mol. The van der Waals surface area contributed by atoms with Crippen molar-refractivity contribution < 1.29 is 32.6 Å². The van der Waals surface area contributed by atoms with Gasteiger partial charge in [0, 0.05) is 24.1 Å². The summed E-state index contributed by atoms with van der Waals surface area (Å²) < 4.78 is 44.9. The number of carbonyl (C=O) groups is 2. The molecule has 0 bridgehead atoms. The highest BCUT2D eigenvalue weighted by molar-refractivity contribution is 5.91. The molecule has 4 rings (SSSR count). The Morgan fingerprint density at radius 2 is 1.88 bits per heavy atom. The van der Waals surface area contributed by atoms with Crippen LogP contribution in [-0.2, 0) is 30.6 Å². The van der Waals surface area contributed by atoms with Gasteiger partial charge in [0.25, 0.3) is 0 Å². The molecule has 0 radical (unpaired) electrons. The van der Waals surface area contributed by atoms with E-state index in [9.17, 15) is 27.9 Å². The maximum atomic E-state index is 12.9. The number of fused-ring (bicyclic) bond motifs is 3. The lowest BCUT2D eigenvalue weighted by Crippen LogP contribution is -2.28. The topological polar surface area (TPSA) is 107 Å². The number of aryl methyl sites for hydroxylation is 2. The second-order valence-corrected chi connectivity index (χ2v) is 8.01. The summed E-state index contributed by atoms with van der Waals surface area (Å²) in [6.45, 7) is 0.702. The Morgan fingerprint density at radius 1 is 1.15 bits per heavy atom. The summed E-state index contributed by atoms with van der Waals surface area (Å²) in [6.07, 6.45) is -3.67. The second kappa shape index (κ2) is 9.30. The number of benzene rings is 2. The van der Waals surface area contributed by atoms with Crippen LogP contribution < -0.4 is 10.5 Å². The van der Waals surface area contributed by atoms with Gasteiger partial charge in [0.1, 0.15) is 11.4 Å². The molecule has 178 valence electrons. The molecule has 1 aliphatic rings. The first-order valence-corrected chi connectivity index (χ1v) is 10.7. The molecule has 1 aromatic heterocycles. The fourth-order valence-corrected chi connectivity index (χ4v) is 4.15. The number of carboxylic acids is 1. The van der Waals surface area contributed by atoms with Crippen LogP contribution in [0.2, 0.25) is 0 Å². The quantitative estimate of drug-likeness (QED) is 0.400. The zero-order chi connectivity index (χ0) is 24.5. The first kappa shape index (κ1) is 23.5. The number of alkyl halides is 3. The van der Waals surface area contributed by atoms with Crippen molar-refractivity contribution in [2.45, 2.75) is 38.4 Å². The van der Waals surface area contributed by atoms with Crippen molar-refractivity contribution in [3.63, 3.8) is 0 Å². The molecule has 0 saturated heterocycles. The largest absolute Gasteiger partial charge is 0.491 e. The predicted octanol–water partition coefficient (Wildman–Crippen LogP) is 3.75. The molecule has 1 heterocycles. The van der Waals surface area contributed by atoms with Gasteiger partial charge >= 0.3 is 18.1 Å². The number of rotatable bonds is 7. The lowest BCUT2D eigenvalue weighted by atomic mass is 9.86. The number of ether oxygens (including phenoxy) is 1. The Bertz CT molecular complexity index is 1240. The number of hydrogen-bond acceptors (Lipinski definition) is 5. The fourth-order valence-electron chi connectivity index (χ4n) is 4.15. The number of carboxylic acid groups (broad SMARTS) is 1. The number of aromatic nitrogens is 2. The van der Waals surface area contributed by atoms with Crippen molar-refractivity contribution in [2.75, 3.05) is 6.54 Å². The zero-order valence-corrected chi connectivity index (χ0v) is 18.1. The Balaban J connectivity index is 1.83. The minimum absolute atomic E-state index is 0.0892. The van der Waals surface area contributed by atoms with E-state index < -0.39 is 18.1 Å². The number of carbonyl (C=O) groups excluding carboxylic acids is 1. The van der Waals surface area contributed by atoms with Gasteiger partial charge < -0.3 is 15.6 Å². The van der Waals surface area contributed by atoms with Gasteiger partial charge in [0.05, 0.1) is 5.69 Å². The van der Waals surface area contributed by atoms with E-state index in [0.717, 1.165) is 5.56 Å². The highest BCUT2D eigenvalue weighted by Crippen LogP contribution is 2.39. The molecule has 3 N–H and O–H groups in total. The molecule has 0 fully saturated rings.